The minimum absolute atomic E-state index is 0.341. The topological polar surface area (TPSA) is 38.7 Å². The number of nitrogens with zero attached hydrogens (tertiary/aromatic N) is 2. The highest BCUT2D eigenvalue weighted by molar-refractivity contribution is 5.55. The van der Waals surface area contributed by atoms with Crippen molar-refractivity contribution in [2.24, 2.45) is 0 Å². The molecule has 0 saturated carbocycles. The Kier molecular flexibility index (Phi) is 5.68. The number of likely N-dealkylation sites (N-methyl/N-ethyl adjacent to an activating group) is 1. The van der Waals surface area contributed by atoms with E-state index in [0.29, 0.717) is 13.1 Å². The van der Waals surface area contributed by atoms with Gasteiger partial charge in [0, 0.05) is 37.6 Å². The smallest absolute Gasteiger partial charge is 0.0838 e. The second-order valence-electron chi connectivity index (χ2n) is 5.89. The Balaban J connectivity index is 1.82. The molecule has 1 aliphatic heterocycles. The fraction of sp³-hybridized carbons (Fsp3) is 0.625. The van der Waals surface area contributed by atoms with Crippen LogP contribution in [0.15, 0.2) is 24.3 Å². The molecule has 2 rings (SSSR count). The van der Waals surface area contributed by atoms with E-state index in [9.17, 15) is 5.11 Å². The Morgan fingerprint density at radius 2 is 1.80 bits per heavy atom. The van der Waals surface area contributed by atoms with Crippen molar-refractivity contribution in [2.75, 3.05) is 50.5 Å². The minimum Gasteiger partial charge on any atom is -0.390 e. The van der Waals surface area contributed by atoms with Crippen molar-refractivity contribution in [1.29, 1.82) is 0 Å². The Bertz CT molecular complexity index is 385. The van der Waals surface area contributed by atoms with Crippen LogP contribution in [0.25, 0.3) is 0 Å². The molecule has 0 aliphatic carbocycles. The van der Waals surface area contributed by atoms with Crippen molar-refractivity contribution in [1.82, 2.24) is 4.90 Å². The molecule has 1 aromatic carbocycles. The summed E-state index contributed by atoms with van der Waals surface area (Å²) in [4.78, 5) is 4.44. The summed E-state index contributed by atoms with van der Waals surface area (Å²) in [6.07, 6.45) is 3.62. The van der Waals surface area contributed by atoms with Crippen LogP contribution < -0.4 is 10.2 Å². The fourth-order valence-corrected chi connectivity index (χ4v) is 2.66. The van der Waals surface area contributed by atoms with E-state index in [0.717, 1.165) is 5.69 Å². The zero-order valence-corrected chi connectivity index (χ0v) is 12.7. The van der Waals surface area contributed by atoms with E-state index in [-0.39, 0.29) is 6.10 Å². The fourth-order valence-electron chi connectivity index (χ4n) is 2.66. The maximum absolute atomic E-state index is 9.83. The van der Waals surface area contributed by atoms with Crippen molar-refractivity contribution in [2.45, 2.75) is 25.4 Å². The summed E-state index contributed by atoms with van der Waals surface area (Å²) in [5, 5.41) is 13.1. The van der Waals surface area contributed by atoms with Crippen molar-refractivity contribution in [3.8, 4) is 0 Å². The summed E-state index contributed by atoms with van der Waals surface area (Å²) in [5.41, 5.74) is 2.38. The average molecular weight is 277 g/mol. The second-order valence-corrected chi connectivity index (χ2v) is 5.89. The van der Waals surface area contributed by atoms with Crippen LogP contribution in [0.1, 0.15) is 19.3 Å². The second kappa shape index (κ2) is 7.50. The number of aliphatic hydroxyl groups is 1. The van der Waals surface area contributed by atoms with Crippen molar-refractivity contribution < 1.29 is 5.11 Å². The number of hydrogen-bond acceptors (Lipinski definition) is 4. The molecule has 20 heavy (non-hydrogen) atoms. The normalized spacial score (nSPS) is 17.3. The van der Waals surface area contributed by atoms with Gasteiger partial charge >= 0.3 is 0 Å². The van der Waals surface area contributed by atoms with E-state index in [1.807, 2.05) is 19.0 Å². The molecule has 4 heteroatoms. The van der Waals surface area contributed by atoms with Gasteiger partial charge in [-0.3, -0.25) is 0 Å². The van der Waals surface area contributed by atoms with E-state index < -0.39 is 0 Å². The van der Waals surface area contributed by atoms with E-state index >= 15 is 0 Å². The van der Waals surface area contributed by atoms with Crippen LogP contribution >= 0.6 is 0 Å². The Labute approximate surface area is 122 Å². The van der Waals surface area contributed by atoms with E-state index in [2.05, 4.69) is 34.5 Å². The first-order chi connectivity index (χ1) is 9.65. The molecule has 0 amide bonds. The summed E-state index contributed by atoms with van der Waals surface area (Å²) in [7, 11) is 3.94. The molecule has 1 atom stereocenters. The lowest BCUT2D eigenvalue weighted by Gasteiger charge is -2.29. The lowest BCUT2D eigenvalue weighted by atomic mass is 10.1. The van der Waals surface area contributed by atoms with Crippen LogP contribution in [-0.2, 0) is 0 Å². The Hall–Kier alpha value is -1.26. The Morgan fingerprint density at radius 1 is 1.15 bits per heavy atom. The van der Waals surface area contributed by atoms with Crippen LogP contribution in [0.5, 0.6) is 0 Å². The first kappa shape index (κ1) is 15.1. The van der Waals surface area contributed by atoms with Crippen molar-refractivity contribution in [3.63, 3.8) is 0 Å². The highest BCUT2D eigenvalue weighted by Gasteiger charge is 2.10. The van der Waals surface area contributed by atoms with Gasteiger partial charge in [-0.25, -0.2) is 0 Å². The van der Waals surface area contributed by atoms with Crippen molar-refractivity contribution >= 4 is 11.4 Å². The molecule has 1 fully saturated rings. The highest BCUT2D eigenvalue weighted by atomic mass is 16.3. The molecular formula is C16H27N3O. The number of rotatable bonds is 6. The van der Waals surface area contributed by atoms with E-state index in [1.54, 1.807) is 0 Å². The number of hydrogen-bond donors (Lipinski definition) is 2. The molecule has 1 heterocycles. The van der Waals surface area contributed by atoms with Crippen LogP contribution in [-0.4, -0.2) is 56.4 Å². The lowest BCUT2D eigenvalue weighted by molar-refractivity contribution is 0.148. The highest BCUT2D eigenvalue weighted by Crippen LogP contribution is 2.21. The monoisotopic (exact) mass is 277 g/mol. The molecule has 1 saturated heterocycles. The van der Waals surface area contributed by atoms with Gasteiger partial charge < -0.3 is 20.2 Å². The van der Waals surface area contributed by atoms with Crippen molar-refractivity contribution in [3.05, 3.63) is 24.3 Å². The zero-order chi connectivity index (χ0) is 14.4. The summed E-state index contributed by atoms with van der Waals surface area (Å²) in [6, 6.07) is 8.55. The summed E-state index contributed by atoms with van der Waals surface area (Å²) < 4.78 is 0. The van der Waals surface area contributed by atoms with Gasteiger partial charge in [-0.1, -0.05) is 0 Å². The van der Waals surface area contributed by atoms with Gasteiger partial charge in [0.05, 0.1) is 6.10 Å². The van der Waals surface area contributed by atoms with Gasteiger partial charge in [-0.2, -0.15) is 0 Å². The molecule has 0 radical (unpaired) electrons. The Morgan fingerprint density at radius 3 is 2.40 bits per heavy atom. The first-order valence-corrected chi connectivity index (χ1v) is 7.57. The minimum atomic E-state index is -0.341. The van der Waals surface area contributed by atoms with Crippen LogP contribution in [0.2, 0.25) is 0 Å². The predicted octanol–water partition coefficient (Wildman–Crippen LogP) is 2.01. The number of nitrogens with one attached hydrogen (secondary N) is 1. The number of anilines is 2. The molecule has 1 aromatic rings. The SMILES string of the molecule is CN(C)CC(O)CNc1ccc(N2CCCCC2)cc1. The zero-order valence-electron chi connectivity index (χ0n) is 12.7. The van der Waals surface area contributed by atoms with Gasteiger partial charge in [-0.05, 0) is 57.6 Å². The lowest BCUT2D eigenvalue weighted by Crippen LogP contribution is -2.31. The maximum Gasteiger partial charge on any atom is 0.0838 e. The third-order valence-electron chi connectivity index (χ3n) is 3.71. The van der Waals surface area contributed by atoms with Gasteiger partial charge in [0.25, 0.3) is 0 Å². The molecule has 0 spiro atoms. The molecule has 1 aliphatic rings. The van der Waals surface area contributed by atoms with Crippen LogP contribution in [0.3, 0.4) is 0 Å². The third-order valence-corrected chi connectivity index (χ3v) is 3.71. The van der Waals surface area contributed by atoms with Gasteiger partial charge in [0.1, 0.15) is 0 Å². The average Bonchev–Trinajstić information content (AvgIpc) is 2.46. The maximum atomic E-state index is 9.83. The summed E-state index contributed by atoms with van der Waals surface area (Å²) in [6.45, 7) is 3.61. The van der Waals surface area contributed by atoms with E-state index in [4.69, 9.17) is 0 Å². The molecule has 0 bridgehead atoms. The molecule has 1 unspecified atom stereocenters. The van der Waals surface area contributed by atoms with Gasteiger partial charge in [-0.15, -0.1) is 0 Å². The third kappa shape index (κ3) is 4.69. The molecule has 2 N–H and O–H groups in total. The standard InChI is InChI=1S/C16H27N3O/c1-18(2)13-16(20)12-17-14-6-8-15(9-7-14)19-10-4-3-5-11-19/h6-9,16-17,20H,3-5,10-13H2,1-2H3. The number of benzene rings is 1. The summed E-state index contributed by atoms with van der Waals surface area (Å²) >= 11 is 0. The molecule has 0 aromatic heterocycles. The quantitative estimate of drug-likeness (QED) is 0.834. The number of aliphatic hydroxyl groups excluding tert-OH is 1. The molecule has 112 valence electrons. The first-order valence-electron chi connectivity index (χ1n) is 7.57. The predicted molar refractivity (Wildman–Crippen MR) is 85.6 cm³/mol. The van der Waals surface area contributed by atoms with Gasteiger partial charge in [0.2, 0.25) is 0 Å². The largest absolute Gasteiger partial charge is 0.390 e. The summed E-state index contributed by atoms with van der Waals surface area (Å²) in [5.74, 6) is 0. The van der Waals surface area contributed by atoms with Crippen LogP contribution in [0, 0.1) is 0 Å². The molecular weight excluding hydrogens is 250 g/mol. The number of piperidine rings is 1. The van der Waals surface area contributed by atoms with Gasteiger partial charge in [0.15, 0.2) is 0 Å². The van der Waals surface area contributed by atoms with E-state index in [1.165, 1.54) is 38.0 Å². The van der Waals surface area contributed by atoms with Crippen LogP contribution in [0.4, 0.5) is 11.4 Å². The molecule has 4 nitrogen and oxygen atoms in total.